The first-order valence-electron chi connectivity index (χ1n) is 18.7. The van der Waals surface area contributed by atoms with Crippen molar-refractivity contribution in [2.45, 2.75) is 149 Å². The molecule has 0 spiro atoms. The van der Waals surface area contributed by atoms with Gasteiger partial charge >= 0.3 is 19.8 Å². The van der Waals surface area contributed by atoms with Gasteiger partial charge in [-0.2, -0.15) is 0 Å². The third kappa shape index (κ3) is 35.3. The minimum Gasteiger partial charge on any atom is -0.462 e. The molecule has 0 rings (SSSR count). The highest BCUT2D eigenvalue weighted by molar-refractivity contribution is 7.46. The van der Waals surface area contributed by atoms with Crippen molar-refractivity contribution in [1.82, 2.24) is 0 Å². The van der Waals surface area contributed by atoms with Crippen molar-refractivity contribution >= 4 is 19.8 Å². The molecule has 0 heterocycles. The molecule has 0 radical (unpaired) electrons. The highest BCUT2D eigenvalue weighted by Crippen LogP contribution is 2.36. The van der Waals surface area contributed by atoms with Gasteiger partial charge in [0, 0.05) is 12.8 Å². The van der Waals surface area contributed by atoms with Crippen molar-refractivity contribution in [2.24, 2.45) is 5.92 Å². The van der Waals surface area contributed by atoms with E-state index in [4.69, 9.17) is 19.3 Å². The highest BCUT2D eigenvalue weighted by atomic mass is 31.2. The average molecular weight is 723 g/mol. The van der Waals surface area contributed by atoms with Gasteiger partial charge in [0.15, 0.2) is 6.10 Å². The van der Waals surface area contributed by atoms with Gasteiger partial charge in [0.2, 0.25) is 0 Å². The Labute approximate surface area is 302 Å². The lowest BCUT2D eigenvalue weighted by molar-refractivity contribution is -0.161. The quantitative estimate of drug-likeness (QED) is 0.0203. The zero-order valence-electron chi connectivity index (χ0n) is 31.0. The third-order valence-electron chi connectivity index (χ3n) is 7.87. The second kappa shape index (κ2) is 33.6. The van der Waals surface area contributed by atoms with E-state index in [9.17, 15) is 19.3 Å². The molecule has 0 aromatic rings. The summed E-state index contributed by atoms with van der Waals surface area (Å²) in [7, 11) is -4.79. The van der Waals surface area contributed by atoms with Crippen LogP contribution in [0.3, 0.4) is 0 Å². The molecule has 0 aromatic carbocycles. The van der Waals surface area contributed by atoms with Crippen LogP contribution >= 0.6 is 7.82 Å². The lowest BCUT2D eigenvalue weighted by Gasteiger charge is -2.18. The average Bonchev–Trinajstić information content (AvgIpc) is 3.08. The summed E-state index contributed by atoms with van der Waals surface area (Å²) in [6.45, 7) is 5.73. The minimum absolute atomic E-state index is 0.0606. The van der Waals surface area contributed by atoms with Crippen molar-refractivity contribution in [3.8, 4) is 0 Å². The lowest BCUT2D eigenvalue weighted by atomic mass is 9.99. The summed E-state index contributed by atoms with van der Waals surface area (Å²) in [6.07, 6.45) is 38.1. The van der Waals surface area contributed by atoms with Gasteiger partial charge in [-0.25, -0.2) is 4.57 Å². The van der Waals surface area contributed by atoms with Crippen molar-refractivity contribution < 1.29 is 43.0 Å². The van der Waals surface area contributed by atoms with Crippen LogP contribution in [-0.4, -0.2) is 52.3 Å². The number of unbranched alkanes of at least 4 members (excludes halogenated alkanes) is 7. The predicted octanol–water partition coefficient (Wildman–Crippen LogP) is 9.95. The van der Waals surface area contributed by atoms with Crippen LogP contribution < -0.4 is 0 Å². The second-order valence-electron chi connectivity index (χ2n) is 12.6. The molecule has 10 heteroatoms. The number of hydrogen-bond donors (Lipinski definition) is 3. The molecule has 50 heavy (non-hydrogen) atoms. The van der Waals surface area contributed by atoms with Crippen LogP contribution in [-0.2, 0) is 28.2 Å². The van der Waals surface area contributed by atoms with E-state index in [-0.39, 0.29) is 19.4 Å². The number of aliphatic hydroxyl groups is 1. The van der Waals surface area contributed by atoms with Crippen LogP contribution in [0.25, 0.3) is 0 Å². The Balaban J connectivity index is 4.21. The van der Waals surface area contributed by atoms with Gasteiger partial charge in [0.1, 0.15) is 6.61 Å². The number of carbonyl (C=O) groups is 2. The Kier molecular flexibility index (Phi) is 31.9. The molecule has 0 bridgehead atoms. The molecule has 0 aliphatic carbocycles. The molecule has 3 atom stereocenters. The summed E-state index contributed by atoms with van der Waals surface area (Å²) >= 11 is 0. The van der Waals surface area contributed by atoms with Crippen LogP contribution in [0.1, 0.15) is 136 Å². The van der Waals surface area contributed by atoms with Crippen molar-refractivity contribution in [3.63, 3.8) is 0 Å². The molecule has 3 N–H and O–H groups in total. The number of rotatable bonds is 32. The number of allylic oxidation sites excluding steroid dienone is 10. The van der Waals surface area contributed by atoms with E-state index < -0.39 is 38.6 Å². The molecular formula is C40H67O9P. The SMILES string of the molecule is CC/C=C\C/C=C\CC(O)/C=C/C=C\C/C=C\C/C=C\CCC(=O)O[C@H](COC(=O)CCCCCCCCCCC(C)CC)COP(=O)(O)O. The molecule has 0 amide bonds. The lowest BCUT2D eigenvalue weighted by Crippen LogP contribution is -2.29. The maximum Gasteiger partial charge on any atom is 0.469 e. The monoisotopic (exact) mass is 722 g/mol. The summed E-state index contributed by atoms with van der Waals surface area (Å²) in [5.74, 6) is -0.206. The first-order chi connectivity index (χ1) is 24.1. The minimum atomic E-state index is -4.79. The number of carbonyl (C=O) groups excluding carboxylic acids is 2. The number of aliphatic hydroxyl groups excluding tert-OH is 1. The first-order valence-corrected chi connectivity index (χ1v) is 20.3. The number of phosphoric acid groups is 1. The Morgan fingerprint density at radius 1 is 0.700 bits per heavy atom. The molecular weight excluding hydrogens is 655 g/mol. The van der Waals surface area contributed by atoms with Gasteiger partial charge in [-0.3, -0.25) is 14.1 Å². The fourth-order valence-corrected chi connectivity index (χ4v) is 5.05. The van der Waals surface area contributed by atoms with Gasteiger partial charge in [-0.05, 0) is 50.9 Å². The van der Waals surface area contributed by atoms with E-state index in [1.54, 1.807) is 6.08 Å². The van der Waals surface area contributed by atoms with Crippen LogP contribution in [0.2, 0.25) is 0 Å². The van der Waals surface area contributed by atoms with Gasteiger partial charge in [0.25, 0.3) is 0 Å². The van der Waals surface area contributed by atoms with Crippen molar-refractivity contribution in [2.75, 3.05) is 13.2 Å². The third-order valence-corrected chi connectivity index (χ3v) is 8.36. The van der Waals surface area contributed by atoms with E-state index in [0.717, 1.165) is 44.4 Å². The normalized spacial score (nSPS) is 14.6. The highest BCUT2D eigenvalue weighted by Gasteiger charge is 2.22. The number of phosphoric ester groups is 1. The molecule has 9 nitrogen and oxygen atoms in total. The van der Waals surface area contributed by atoms with Gasteiger partial charge < -0.3 is 24.4 Å². The number of hydrogen-bond acceptors (Lipinski definition) is 7. The predicted molar refractivity (Wildman–Crippen MR) is 203 cm³/mol. The Hall–Kier alpha value is -2.55. The molecule has 0 aliphatic heterocycles. The van der Waals surface area contributed by atoms with E-state index in [1.165, 1.54) is 38.5 Å². The summed E-state index contributed by atoms with van der Waals surface area (Å²) in [5, 5.41) is 9.96. The molecule has 2 unspecified atom stereocenters. The maximum absolute atomic E-state index is 12.3. The largest absolute Gasteiger partial charge is 0.469 e. The number of ether oxygens (including phenoxy) is 2. The molecule has 0 aliphatic rings. The molecule has 0 fully saturated rings. The standard InChI is InChI=1S/C40H67O9P/c1-4-6-7-8-20-25-30-37(41)31-26-21-16-11-9-10-12-18-23-28-33-40(43)49-38(35-48-50(44,45)46)34-47-39(42)32-27-22-17-14-13-15-19-24-29-36(3)5-2/h6-7,9-10,16,18,20-21,23,25-26,31,36-38,41H,4-5,8,11-15,17,19,22,24,27-30,32-35H2,1-3H3,(H2,44,45,46)/b7-6-,10-9-,21-16-,23-18-,25-20-,31-26+/t36?,37?,38-/m1/s1. The van der Waals surface area contributed by atoms with Gasteiger partial charge in [-0.15, -0.1) is 0 Å². The zero-order valence-corrected chi connectivity index (χ0v) is 31.9. The molecule has 0 saturated carbocycles. The van der Waals surface area contributed by atoms with E-state index in [0.29, 0.717) is 25.7 Å². The smallest absolute Gasteiger partial charge is 0.462 e. The first kappa shape index (κ1) is 47.4. The van der Waals surface area contributed by atoms with Gasteiger partial charge in [0.05, 0.1) is 12.7 Å². The van der Waals surface area contributed by atoms with Crippen molar-refractivity contribution in [3.05, 3.63) is 72.9 Å². The summed E-state index contributed by atoms with van der Waals surface area (Å²) in [6, 6.07) is 0. The number of esters is 2. The van der Waals surface area contributed by atoms with Crippen LogP contribution in [0.4, 0.5) is 0 Å². The zero-order chi connectivity index (χ0) is 37.1. The van der Waals surface area contributed by atoms with E-state index in [2.05, 4.69) is 43.5 Å². The van der Waals surface area contributed by atoms with E-state index in [1.807, 2.05) is 48.6 Å². The Bertz CT molecular complexity index is 1070. The fraction of sp³-hybridized carbons (Fsp3) is 0.650. The summed E-state index contributed by atoms with van der Waals surface area (Å²) < 4.78 is 26.2. The summed E-state index contributed by atoms with van der Waals surface area (Å²) in [5.41, 5.74) is 0. The van der Waals surface area contributed by atoms with Crippen LogP contribution in [0, 0.1) is 5.92 Å². The second-order valence-corrected chi connectivity index (χ2v) is 13.9. The molecule has 286 valence electrons. The molecule has 0 saturated heterocycles. The summed E-state index contributed by atoms with van der Waals surface area (Å²) in [4.78, 5) is 42.6. The maximum atomic E-state index is 12.3. The van der Waals surface area contributed by atoms with Crippen molar-refractivity contribution in [1.29, 1.82) is 0 Å². The van der Waals surface area contributed by atoms with Gasteiger partial charge in [-0.1, -0.05) is 151 Å². The molecule has 0 aromatic heterocycles. The van der Waals surface area contributed by atoms with E-state index >= 15 is 0 Å². The Morgan fingerprint density at radius 2 is 1.30 bits per heavy atom. The Morgan fingerprint density at radius 3 is 1.96 bits per heavy atom. The van der Waals surface area contributed by atoms with Crippen LogP contribution in [0.5, 0.6) is 0 Å². The van der Waals surface area contributed by atoms with Crippen LogP contribution in [0.15, 0.2) is 72.9 Å². The topological polar surface area (TPSA) is 140 Å². The fourth-order valence-electron chi connectivity index (χ4n) is 4.69.